The third-order valence-corrected chi connectivity index (χ3v) is 5.34. The van der Waals surface area contributed by atoms with E-state index in [2.05, 4.69) is 25.7 Å². The first-order chi connectivity index (χ1) is 16.4. The Hall–Kier alpha value is -4.67. The molecule has 4 N–H and O–H groups in total. The van der Waals surface area contributed by atoms with Gasteiger partial charge in [0, 0.05) is 29.2 Å². The summed E-state index contributed by atoms with van der Waals surface area (Å²) >= 11 is 0. The van der Waals surface area contributed by atoms with Crippen molar-refractivity contribution in [2.75, 3.05) is 23.2 Å². The molecule has 1 aliphatic heterocycles. The summed E-state index contributed by atoms with van der Waals surface area (Å²) in [5.74, 6) is 1.17. The quantitative estimate of drug-likeness (QED) is 0.385. The van der Waals surface area contributed by atoms with Crippen molar-refractivity contribution in [3.8, 4) is 11.5 Å². The Bertz CT molecular complexity index is 1430. The topological polar surface area (TPSA) is 146 Å². The zero-order valence-corrected chi connectivity index (χ0v) is 18.4. The second kappa shape index (κ2) is 8.35. The second-order valence-electron chi connectivity index (χ2n) is 7.98. The van der Waals surface area contributed by atoms with Crippen molar-refractivity contribution < 1.29 is 19.1 Å². The molecule has 1 aromatic carbocycles. The lowest BCUT2D eigenvalue weighted by atomic mass is 10.0. The maximum atomic E-state index is 13.4. The van der Waals surface area contributed by atoms with Gasteiger partial charge in [-0.3, -0.25) is 9.78 Å². The van der Waals surface area contributed by atoms with Crippen molar-refractivity contribution in [1.82, 2.24) is 19.6 Å². The maximum absolute atomic E-state index is 13.4. The number of nitrogens with two attached hydrogens (primary N) is 1. The highest BCUT2D eigenvalue weighted by Gasteiger charge is 2.22. The van der Waals surface area contributed by atoms with Crippen molar-refractivity contribution in [2.24, 2.45) is 0 Å². The van der Waals surface area contributed by atoms with Crippen LogP contribution in [0.4, 0.5) is 22.0 Å². The number of nitrogens with one attached hydrogen (secondary N) is 2. The number of carbonyl (C=O) groups is 2. The molecule has 0 bridgehead atoms. The number of hydrogen-bond donors (Lipinski definition) is 3. The minimum atomic E-state index is -0.501. The summed E-state index contributed by atoms with van der Waals surface area (Å²) in [4.78, 5) is 34.0. The molecule has 0 unspecified atom stereocenters. The molecule has 0 saturated heterocycles. The number of ketones is 1. The van der Waals surface area contributed by atoms with E-state index < -0.39 is 6.03 Å². The van der Waals surface area contributed by atoms with Crippen LogP contribution in [0.15, 0.2) is 49.1 Å². The molecule has 0 spiro atoms. The van der Waals surface area contributed by atoms with Crippen LogP contribution < -0.4 is 25.8 Å². The summed E-state index contributed by atoms with van der Waals surface area (Å²) in [5, 5.41) is 9.65. The summed E-state index contributed by atoms with van der Waals surface area (Å²) in [5.41, 5.74) is 8.86. The molecule has 0 saturated carbocycles. The Morgan fingerprint density at radius 2 is 1.85 bits per heavy atom. The number of nitrogens with zero attached hydrogens (tertiary/aromatic N) is 4. The molecule has 172 valence electrons. The molecule has 4 heterocycles. The molecule has 0 atom stereocenters. The molecule has 2 amide bonds. The number of pyridine rings is 1. The fourth-order valence-electron chi connectivity index (χ4n) is 3.73. The van der Waals surface area contributed by atoms with Gasteiger partial charge >= 0.3 is 6.03 Å². The van der Waals surface area contributed by atoms with Crippen LogP contribution in [0.1, 0.15) is 41.4 Å². The first-order valence-corrected chi connectivity index (χ1v) is 10.5. The Balaban J connectivity index is 1.38. The number of amides is 2. The van der Waals surface area contributed by atoms with E-state index in [0.717, 1.165) is 5.69 Å². The van der Waals surface area contributed by atoms with Gasteiger partial charge < -0.3 is 25.8 Å². The predicted octanol–water partition coefficient (Wildman–Crippen LogP) is 3.43. The van der Waals surface area contributed by atoms with Gasteiger partial charge in [-0.25, -0.2) is 14.3 Å². The smallest absolute Gasteiger partial charge is 0.323 e. The number of fused-ring (bicyclic) bond motifs is 2. The van der Waals surface area contributed by atoms with Gasteiger partial charge in [-0.2, -0.15) is 5.10 Å². The molecule has 0 fully saturated rings. The van der Waals surface area contributed by atoms with Gasteiger partial charge in [0.1, 0.15) is 11.8 Å². The molecule has 11 heteroatoms. The second-order valence-corrected chi connectivity index (χ2v) is 7.98. The van der Waals surface area contributed by atoms with E-state index in [-0.39, 0.29) is 29.9 Å². The van der Waals surface area contributed by atoms with Crippen molar-refractivity contribution in [2.45, 2.75) is 19.8 Å². The normalized spacial score (nSPS) is 12.2. The van der Waals surface area contributed by atoms with E-state index in [9.17, 15) is 9.59 Å². The van der Waals surface area contributed by atoms with E-state index in [1.807, 2.05) is 13.8 Å². The van der Waals surface area contributed by atoms with Gasteiger partial charge in [-0.1, -0.05) is 13.8 Å². The van der Waals surface area contributed by atoms with Crippen LogP contribution in [0.2, 0.25) is 0 Å². The standard InChI is InChI=1S/C23H21N7O4/c1-12(2)17-7-16(20-22(24)26-10-27-30(17)20)21(31)13-5-15(9-25-8-13)29-23(32)28-14-3-4-18-19(6-14)34-11-33-18/h3-10,12H,11H2,1-2H3,(H2,24,26,27)(H2,28,29,32). The predicted molar refractivity (Wildman–Crippen MR) is 124 cm³/mol. The lowest BCUT2D eigenvalue weighted by Crippen LogP contribution is -2.19. The summed E-state index contributed by atoms with van der Waals surface area (Å²) in [6, 6.07) is 7.88. The largest absolute Gasteiger partial charge is 0.454 e. The number of hydrogen-bond acceptors (Lipinski definition) is 8. The summed E-state index contributed by atoms with van der Waals surface area (Å²) in [6.07, 6.45) is 4.24. The number of aromatic nitrogens is 4. The Morgan fingerprint density at radius 1 is 1.06 bits per heavy atom. The Labute approximate surface area is 193 Å². The Kier molecular flexibility index (Phi) is 5.21. The van der Waals surface area contributed by atoms with Gasteiger partial charge in [0.15, 0.2) is 23.1 Å². The molecular formula is C23H21N7O4. The average Bonchev–Trinajstić information content (AvgIpc) is 3.44. The highest BCUT2D eigenvalue weighted by atomic mass is 16.7. The number of benzene rings is 1. The molecule has 11 nitrogen and oxygen atoms in total. The first-order valence-electron chi connectivity index (χ1n) is 10.5. The van der Waals surface area contributed by atoms with Crippen LogP contribution in [-0.2, 0) is 0 Å². The highest BCUT2D eigenvalue weighted by molar-refractivity contribution is 6.15. The minimum Gasteiger partial charge on any atom is -0.454 e. The van der Waals surface area contributed by atoms with E-state index in [1.54, 1.807) is 34.8 Å². The molecule has 34 heavy (non-hydrogen) atoms. The van der Waals surface area contributed by atoms with Gasteiger partial charge in [0.2, 0.25) is 6.79 Å². The molecule has 0 radical (unpaired) electrons. The molecule has 4 aromatic rings. The molecule has 3 aromatic heterocycles. The number of rotatable bonds is 5. The third kappa shape index (κ3) is 3.83. The van der Waals surface area contributed by atoms with Crippen LogP contribution in [-0.4, -0.2) is 38.2 Å². The van der Waals surface area contributed by atoms with Crippen LogP contribution in [0.25, 0.3) is 5.52 Å². The fraction of sp³-hybridized carbons (Fsp3) is 0.174. The maximum Gasteiger partial charge on any atom is 0.323 e. The zero-order valence-electron chi connectivity index (χ0n) is 18.4. The number of nitrogen functional groups attached to an aromatic ring is 1. The molecular weight excluding hydrogens is 438 g/mol. The van der Waals surface area contributed by atoms with Gasteiger partial charge in [-0.05, 0) is 30.2 Å². The van der Waals surface area contributed by atoms with Crippen LogP contribution in [0, 0.1) is 0 Å². The Morgan fingerprint density at radius 3 is 2.68 bits per heavy atom. The molecule has 0 aliphatic carbocycles. The number of anilines is 3. The zero-order chi connectivity index (χ0) is 23.8. The fourth-order valence-corrected chi connectivity index (χ4v) is 3.73. The van der Waals surface area contributed by atoms with Gasteiger partial charge in [0.25, 0.3) is 0 Å². The van der Waals surface area contributed by atoms with E-state index >= 15 is 0 Å². The van der Waals surface area contributed by atoms with Crippen LogP contribution >= 0.6 is 0 Å². The third-order valence-electron chi connectivity index (χ3n) is 5.34. The van der Waals surface area contributed by atoms with Crippen molar-refractivity contribution in [3.63, 3.8) is 0 Å². The van der Waals surface area contributed by atoms with Crippen LogP contribution in [0.3, 0.4) is 0 Å². The van der Waals surface area contributed by atoms with Gasteiger partial charge in [0.05, 0.1) is 17.4 Å². The van der Waals surface area contributed by atoms with Crippen LogP contribution in [0.5, 0.6) is 11.5 Å². The van der Waals surface area contributed by atoms with Crippen molar-refractivity contribution >= 4 is 34.5 Å². The first kappa shape index (κ1) is 21.2. The summed E-state index contributed by atoms with van der Waals surface area (Å²) in [6.45, 7) is 4.14. The van der Waals surface area contributed by atoms with E-state index in [1.165, 1.54) is 18.7 Å². The van der Waals surface area contributed by atoms with Crippen molar-refractivity contribution in [1.29, 1.82) is 0 Å². The summed E-state index contributed by atoms with van der Waals surface area (Å²) < 4.78 is 12.2. The minimum absolute atomic E-state index is 0.106. The lowest BCUT2D eigenvalue weighted by molar-refractivity contribution is 0.104. The average molecular weight is 459 g/mol. The summed E-state index contributed by atoms with van der Waals surface area (Å²) in [7, 11) is 0. The van der Waals surface area contributed by atoms with Gasteiger partial charge in [-0.15, -0.1) is 0 Å². The SMILES string of the molecule is CC(C)c1cc(C(=O)c2cncc(NC(=O)Nc3ccc4c(c3)OCO4)c2)c2c(N)ncnn12. The monoisotopic (exact) mass is 459 g/mol. The highest BCUT2D eigenvalue weighted by Crippen LogP contribution is 2.34. The lowest BCUT2D eigenvalue weighted by Gasteiger charge is -2.09. The van der Waals surface area contributed by atoms with Crippen molar-refractivity contribution in [3.05, 3.63) is 65.9 Å². The van der Waals surface area contributed by atoms with E-state index in [4.69, 9.17) is 15.2 Å². The number of carbonyl (C=O) groups excluding carboxylic acids is 2. The molecule has 1 aliphatic rings. The number of urea groups is 1. The van der Waals surface area contributed by atoms with E-state index in [0.29, 0.717) is 34.0 Å². The molecule has 5 rings (SSSR count). The number of ether oxygens (including phenoxy) is 2.